The standard InChI is InChI=1S/C16H22N2S/c1-3-17-10-15-6-4-5-7-16(15)12-18(2)11-14-8-9-19-13-14/h4-9,13,17H,3,10-12H2,1-2H3. The number of nitrogens with zero attached hydrogens (tertiary/aromatic N) is 1. The van der Waals surface area contributed by atoms with E-state index in [-0.39, 0.29) is 0 Å². The minimum atomic E-state index is 0.957. The number of hydrogen-bond donors (Lipinski definition) is 1. The molecule has 0 radical (unpaired) electrons. The third kappa shape index (κ3) is 4.46. The highest BCUT2D eigenvalue weighted by Crippen LogP contribution is 2.14. The lowest BCUT2D eigenvalue weighted by atomic mass is 10.1. The lowest BCUT2D eigenvalue weighted by Crippen LogP contribution is -2.19. The van der Waals surface area contributed by atoms with Crippen molar-refractivity contribution in [2.45, 2.75) is 26.6 Å². The Morgan fingerprint density at radius 2 is 1.89 bits per heavy atom. The number of benzene rings is 1. The summed E-state index contributed by atoms with van der Waals surface area (Å²) in [7, 11) is 2.18. The Balaban J connectivity index is 1.97. The van der Waals surface area contributed by atoms with Crippen LogP contribution in [0.3, 0.4) is 0 Å². The lowest BCUT2D eigenvalue weighted by Gasteiger charge is -2.18. The predicted molar refractivity (Wildman–Crippen MR) is 83.3 cm³/mol. The Morgan fingerprint density at radius 1 is 1.11 bits per heavy atom. The normalized spacial score (nSPS) is 11.1. The van der Waals surface area contributed by atoms with Crippen LogP contribution in [0.5, 0.6) is 0 Å². The molecule has 0 unspecified atom stereocenters. The van der Waals surface area contributed by atoms with Crippen LogP contribution in [-0.4, -0.2) is 18.5 Å². The molecule has 0 amide bonds. The molecule has 0 fully saturated rings. The van der Waals surface area contributed by atoms with Crippen LogP contribution in [0, 0.1) is 0 Å². The predicted octanol–water partition coefficient (Wildman–Crippen LogP) is 3.49. The zero-order valence-corrected chi connectivity index (χ0v) is 12.5. The molecule has 19 heavy (non-hydrogen) atoms. The molecule has 0 saturated carbocycles. The van der Waals surface area contributed by atoms with Crippen LogP contribution in [0.1, 0.15) is 23.6 Å². The minimum absolute atomic E-state index is 0.957. The molecule has 0 atom stereocenters. The smallest absolute Gasteiger partial charge is 0.0242 e. The van der Waals surface area contributed by atoms with Crippen molar-refractivity contribution in [3.8, 4) is 0 Å². The topological polar surface area (TPSA) is 15.3 Å². The summed E-state index contributed by atoms with van der Waals surface area (Å²) >= 11 is 1.77. The summed E-state index contributed by atoms with van der Waals surface area (Å²) in [6, 6.07) is 10.9. The van der Waals surface area contributed by atoms with Crippen LogP contribution < -0.4 is 5.32 Å². The van der Waals surface area contributed by atoms with Gasteiger partial charge in [-0.2, -0.15) is 11.3 Å². The summed E-state index contributed by atoms with van der Waals surface area (Å²) in [5, 5.41) is 7.77. The van der Waals surface area contributed by atoms with Gasteiger partial charge < -0.3 is 5.32 Å². The van der Waals surface area contributed by atoms with E-state index in [4.69, 9.17) is 0 Å². The fourth-order valence-electron chi connectivity index (χ4n) is 2.18. The fourth-order valence-corrected chi connectivity index (χ4v) is 2.84. The molecule has 1 aromatic heterocycles. The molecule has 2 nitrogen and oxygen atoms in total. The number of nitrogens with one attached hydrogen (secondary N) is 1. The molecule has 0 aliphatic carbocycles. The van der Waals surface area contributed by atoms with E-state index < -0.39 is 0 Å². The van der Waals surface area contributed by atoms with Gasteiger partial charge in [-0.3, -0.25) is 4.90 Å². The minimum Gasteiger partial charge on any atom is -0.313 e. The number of hydrogen-bond acceptors (Lipinski definition) is 3. The lowest BCUT2D eigenvalue weighted by molar-refractivity contribution is 0.318. The van der Waals surface area contributed by atoms with Gasteiger partial charge in [0.15, 0.2) is 0 Å². The molecule has 0 aliphatic heterocycles. The molecule has 2 rings (SSSR count). The molecule has 0 saturated heterocycles. The summed E-state index contributed by atoms with van der Waals surface area (Å²) in [6.07, 6.45) is 0. The maximum absolute atomic E-state index is 3.41. The fraction of sp³-hybridized carbons (Fsp3) is 0.375. The van der Waals surface area contributed by atoms with Crippen molar-refractivity contribution in [1.29, 1.82) is 0 Å². The zero-order chi connectivity index (χ0) is 13.5. The third-order valence-electron chi connectivity index (χ3n) is 3.16. The van der Waals surface area contributed by atoms with E-state index in [0.29, 0.717) is 0 Å². The van der Waals surface area contributed by atoms with E-state index in [0.717, 1.165) is 26.2 Å². The van der Waals surface area contributed by atoms with Gasteiger partial charge in [-0.1, -0.05) is 31.2 Å². The molecule has 0 bridgehead atoms. The summed E-state index contributed by atoms with van der Waals surface area (Å²) < 4.78 is 0. The molecule has 102 valence electrons. The molecule has 2 aromatic rings. The zero-order valence-electron chi connectivity index (χ0n) is 11.7. The molecular formula is C16H22N2S. The Labute approximate surface area is 120 Å². The monoisotopic (exact) mass is 274 g/mol. The molecule has 1 heterocycles. The highest BCUT2D eigenvalue weighted by Gasteiger charge is 2.06. The molecule has 1 aromatic carbocycles. The van der Waals surface area contributed by atoms with Gasteiger partial charge >= 0.3 is 0 Å². The molecule has 1 N–H and O–H groups in total. The summed E-state index contributed by atoms with van der Waals surface area (Å²) in [4.78, 5) is 2.37. The second kappa shape index (κ2) is 7.43. The maximum Gasteiger partial charge on any atom is 0.0242 e. The van der Waals surface area contributed by atoms with E-state index in [1.54, 1.807) is 11.3 Å². The summed E-state index contributed by atoms with van der Waals surface area (Å²) in [6.45, 7) is 6.12. The van der Waals surface area contributed by atoms with Gasteiger partial charge in [0, 0.05) is 19.6 Å². The highest BCUT2D eigenvalue weighted by molar-refractivity contribution is 7.07. The summed E-state index contributed by atoms with van der Waals surface area (Å²) in [5.41, 5.74) is 4.22. The van der Waals surface area contributed by atoms with Crippen molar-refractivity contribution >= 4 is 11.3 Å². The first kappa shape index (κ1) is 14.3. The van der Waals surface area contributed by atoms with Gasteiger partial charge in [0.1, 0.15) is 0 Å². The Kier molecular flexibility index (Phi) is 5.58. The van der Waals surface area contributed by atoms with E-state index in [9.17, 15) is 0 Å². The molecular weight excluding hydrogens is 252 g/mol. The van der Waals surface area contributed by atoms with Gasteiger partial charge in [-0.15, -0.1) is 0 Å². The van der Waals surface area contributed by atoms with Crippen molar-refractivity contribution in [3.63, 3.8) is 0 Å². The SMILES string of the molecule is CCNCc1ccccc1CN(C)Cc1ccsc1. The Morgan fingerprint density at radius 3 is 2.58 bits per heavy atom. The van der Waals surface area contributed by atoms with Crippen LogP contribution in [0.2, 0.25) is 0 Å². The van der Waals surface area contributed by atoms with E-state index in [1.165, 1.54) is 16.7 Å². The largest absolute Gasteiger partial charge is 0.313 e. The van der Waals surface area contributed by atoms with Crippen LogP contribution in [0.4, 0.5) is 0 Å². The van der Waals surface area contributed by atoms with Crippen LogP contribution in [0.15, 0.2) is 41.1 Å². The van der Waals surface area contributed by atoms with Crippen molar-refractivity contribution in [2.75, 3.05) is 13.6 Å². The average molecular weight is 274 g/mol. The highest BCUT2D eigenvalue weighted by atomic mass is 32.1. The van der Waals surface area contributed by atoms with Crippen LogP contribution in [-0.2, 0) is 19.6 Å². The number of thiophene rings is 1. The van der Waals surface area contributed by atoms with Gasteiger partial charge in [0.05, 0.1) is 0 Å². The number of rotatable bonds is 7. The van der Waals surface area contributed by atoms with Crippen LogP contribution in [0.25, 0.3) is 0 Å². The third-order valence-corrected chi connectivity index (χ3v) is 3.89. The van der Waals surface area contributed by atoms with Crippen molar-refractivity contribution < 1.29 is 0 Å². The molecule has 3 heteroatoms. The quantitative estimate of drug-likeness (QED) is 0.831. The van der Waals surface area contributed by atoms with Crippen molar-refractivity contribution in [2.24, 2.45) is 0 Å². The Hall–Kier alpha value is -1.16. The first-order chi connectivity index (χ1) is 9.29. The van der Waals surface area contributed by atoms with Crippen molar-refractivity contribution in [1.82, 2.24) is 10.2 Å². The molecule has 0 spiro atoms. The van der Waals surface area contributed by atoms with E-state index >= 15 is 0 Å². The molecule has 0 aliphatic rings. The van der Waals surface area contributed by atoms with Gasteiger partial charge in [0.2, 0.25) is 0 Å². The van der Waals surface area contributed by atoms with E-state index in [2.05, 4.69) is 65.3 Å². The van der Waals surface area contributed by atoms with Crippen molar-refractivity contribution in [3.05, 3.63) is 57.8 Å². The second-order valence-corrected chi connectivity index (χ2v) is 5.63. The summed E-state index contributed by atoms with van der Waals surface area (Å²) in [5.74, 6) is 0. The second-order valence-electron chi connectivity index (χ2n) is 4.85. The van der Waals surface area contributed by atoms with E-state index in [1.807, 2.05) is 0 Å². The first-order valence-corrected chi connectivity index (χ1v) is 7.71. The Bertz CT molecular complexity index is 479. The van der Waals surface area contributed by atoms with Crippen LogP contribution >= 0.6 is 11.3 Å². The first-order valence-electron chi connectivity index (χ1n) is 6.76. The van der Waals surface area contributed by atoms with Gasteiger partial charge in [-0.05, 0) is 47.1 Å². The van der Waals surface area contributed by atoms with Gasteiger partial charge in [-0.25, -0.2) is 0 Å². The average Bonchev–Trinajstić information content (AvgIpc) is 2.90. The van der Waals surface area contributed by atoms with Gasteiger partial charge in [0.25, 0.3) is 0 Å². The maximum atomic E-state index is 3.41.